The fraction of sp³-hybridized carbons (Fsp3) is 0.0435. The second-order valence-corrected chi connectivity index (χ2v) is 5.93. The molecule has 0 saturated carbocycles. The molecule has 0 fully saturated rings. The van der Waals surface area contributed by atoms with Crippen molar-refractivity contribution < 1.29 is 14.3 Å². The SMILES string of the molecule is C#Cc1cccnc1C(=O)Nc1nc2c(C(=O)OC)cccc2[nH]1.c1ccccc1. The summed E-state index contributed by atoms with van der Waals surface area (Å²) in [5.74, 6) is 1.58. The van der Waals surface area contributed by atoms with Crippen molar-refractivity contribution in [2.24, 2.45) is 0 Å². The Labute approximate surface area is 173 Å². The third-order valence-corrected chi connectivity index (χ3v) is 3.99. The summed E-state index contributed by atoms with van der Waals surface area (Å²) < 4.78 is 4.72. The van der Waals surface area contributed by atoms with E-state index in [0.29, 0.717) is 22.2 Å². The van der Waals surface area contributed by atoms with Gasteiger partial charge in [-0.1, -0.05) is 48.4 Å². The molecule has 0 spiro atoms. The maximum Gasteiger partial charge on any atom is 0.340 e. The molecule has 0 aliphatic carbocycles. The number of anilines is 1. The van der Waals surface area contributed by atoms with Crippen LogP contribution < -0.4 is 5.32 Å². The van der Waals surface area contributed by atoms with Gasteiger partial charge in [0, 0.05) is 6.20 Å². The van der Waals surface area contributed by atoms with Crippen LogP contribution in [0.15, 0.2) is 72.9 Å². The van der Waals surface area contributed by atoms with Crippen molar-refractivity contribution in [1.29, 1.82) is 0 Å². The van der Waals surface area contributed by atoms with Gasteiger partial charge in [0.25, 0.3) is 5.91 Å². The van der Waals surface area contributed by atoms with Crippen molar-refractivity contribution in [3.8, 4) is 12.3 Å². The van der Waals surface area contributed by atoms with Crippen LogP contribution in [0.2, 0.25) is 0 Å². The number of hydrogen-bond donors (Lipinski definition) is 2. The summed E-state index contributed by atoms with van der Waals surface area (Å²) in [6.07, 6.45) is 6.84. The van der Waals surface area contributed by atoms with Crippen LogP contribution in [0, 0.1) is 12.3 Å². The van der Waals surface area contributed by atoms with Gasteiger partial charge in [-0.2, -0.15) is 0 Å². The molecule has 0 atom stereocenters. The number of aromatic nitrogens is 3. The van der Waals surface area contributed by atoms with E-state index in [2.05, 4.69) is 26.2 Å². The van der Waals surface area contributed by atoms with Gasteiger partial charge >= 0.3 is 5.97 Å². The third-order valence-electron chi connectivity index (χ3n) is 3.99. The Balaban J connectivity index is 0.000000367. The van der Waals surface area contributed by atoms with E-state index >= 15 is 0 Å². The molecule has 148 valence electrons. The van der Waals surface area contributed by atoms with Crippen molar-refractivity contribution in [2.45, 2.75) is 0 Å². The number of aromatic amines is 1. The number of pyridine rings is 1. The third kappa shape index (κ3) is 4.69. The Morgan fingerprint density at radius 3 is 2.37 bits per heavy atom. The number of nitrogens with zero attached hydrogens (tertiary/aromatic N) is 2. The molecule has 0 unspecified atom stereocenters. The van der Waals surface area contributed by atoms with Crippen molar-refractivity contribution in [3.05, 3.63) is 89.7 Å². The Morgan fingerprint density at radius 2 is 1.73 bits per heavy atom. The molecule has 2 aromatic heterocycles. The van der Waals surface area contributed by atoms with E-state index in [-0.39, 0.29) is 11.6 Å². The first-order valence-corrected chi connectivity index (χ1v) is 8.94. The topological polar surface area (TPSA) is 97.0 Å². The number of terminal acetylenes is 1. The minimum atomic E-state index is -0.510. The number of rotatable bonds is 3. The van der Waals surface area contributed by atoms with Crippen LogP contribution in [0.4, 0.5) is 5.95 Å². The van der Waals surface area contributed by atoms with Crippen LogP contribution in [0.1, 0.15) is 26.4 Å². The van der Waals surface area contributed by atoms with Crippen LogP contribution in [0.25, 0.3) is 11.0 Å². The molecular weight excluding hydrogens is 380 g/mol. The van der Waals surface area contributed by atoms with Gasteiger partial charge < -0.3 is 9.72 Å². The highest BCUT2D eigenvalue weighted by Gasteiger charge is 2.17. The smallest absolute Gasteiger partial charge is 0.340 e. The van der Waals surface area contributed by atoms with Crippen molar-refractivity contribution in [2.75, 3.05) is 12.4 Å². The van der Waals surface area contributed by atoms with Crippen LogP contribution >= 0.6 is 0 Å². The van der Waals surface area contributed by atoms with Crippen LogP contribution in [0.3, 0.4) is 0 Å². The lowest BCUT2D eigenvalue weighted by Gasteiger charge is -2.02. The van der Waals surface area contributed by atoms with E-state index in [1.807, 2.05) is 36.4 Å². The zero-order chi connectivity index (χ0) is 21.3. The predicted octanol–water partition coefficient (Wildman–Crippen LogP) is 3.66. The van der Waals surface area contributed by atoms with E-state index in [4.69, 9.17) is 11.2 Å². The number of benzene rings is 2. The average molecular weight is 398 g/mol. The number of fused-ring (bicyclic) bond motifs is 1. The first-order chi connectivity index (χ1) is 14.6. The zero-order valence-corrected chi connectivity index (χ0v) is 16.1. The predicted molar refractivity (Wildman–Crippen MR) is 114 cm³/mol. The molecule has 0 radical (unpaired) electrons. The lowest BCUT2D eigenvalue weighted by molar-refractivity contribution is 0.0602. The molecule has 7 nitrogen and oxygen atoms in total. The Bertz CT molecular complexity index is 1180. The van der Waals surface area contributed by atoms with Gasteiger partial charge in [-0.15, -0.1) is 6.42 Å². The number of carbonyl (C=O) groups is 2. The summed E-state index contributed by atoms with van der Waals surface area (Å²) in [4.78, 5) is 35.2. The molecule has 0 saturated heterocycles. The van der Waals surface area contributed by atoms with Gasteiger partial charge in [0.05, 0.1) is 23.8 Å². The Morgan fingerprint density at radius 1 is 1.03 bits per heavy atom. The van der Waals surface area contributed by atoms with Gasteiger partial charge in [0.1, 0.15) is 11.2 Å². The van der Waals surface area contributed by atoms with Gasteiger partial charge in [-0.25, -0.2) is 14.8 Å². The number of H-pyrrole nitrogens is 1. The number of carbonyl (C=O) groups excluding carboxylic acids is 2. The quantitative estimate of drug-likeness (QED) is 0.405. The molecule has 2 N–H and O–H groups in total. The molecule has 2 aromatic carbocycles. The maximum absolute atomic E-state index is 12.3. The average Bonchev–Trinajstić information content (AvgIpc) is 3.22. The highest BCUT2D eigenvalue weighted by molar-refractivity contribution is 6.06. The summed E-state index contributed by atoms with van der Waals surface area (Å²) in [5.41, 5.74) is 1.79. The van der Waals surface area contributed by atoms with Gasteiger partial charge in [-0.3, -0.25) is 10.1 Å². The van der Waals surface area contributed by atoms with E-state index in [1.54, 1.807) is 30.3 Å². The van der Waals surface area contributed by atoms with E-state index in [9.17, 15) is 9.59 Å². The van der Waals surface area contributed by atoms with E-state index < -0.39 is 11.9 Å². The first kappa shape index (κ1) is 20.3. The fourth-order valence-corrected chi connectivity index (χ4v) is 2.62. The van der Waals surface area contributed by atoms with Gasteiger partial charge in [-0.05, 0) is 24.3 Å². The number of ether oxygens (including phenoxy) is 1. The molecule has 2 heterocycles. The lowest BCUT2D eigenvalue weighted by atomic mass is 10.2. The molecular formula is C23H18N4O3. The minimum absolute atomic E-state index is 0.119. The van der Waals surface area contributed by atoms with Crippen molar-refractivity contribution >= 4 is 28.9 Å². The number of para-hydroxylation sites is 1. The summed E-state index contributed by atoms with van der Waals surface area (Å²) in [6.45, 7) is 0. The molecule has 0 aliphatic heterocycles. The summed E-state index contributed by atoms with van der Waals surface area (Å²) in [5, 5.41) is 2.59. The summed E-state index contributed by atoms with van der Waals surface area (Å²) >= 11 is 0. The Hall–Kier alpha value is -4.44. The van der Waals surface area contributed by atoms with Crippen LogP contribution in [-0.2, 0) is 4.74 Å². The first-order valence-electron chi connectivity index (χ1n) is 8.94. The number of methoxy groups -OCH3 is 1. The standard InChI is InChI=1S/C17H12N4O3.C6H6/c1-3-10-6-5-9-18-13(10)15(22)21-17-19-12-8-4-7-11(14(12)20-17)16(23)24-2;1-2-4-6-5-3-1/h1,4-9H,2H3,(H2,19,20,21,22);1-6H. The largest absolute Gasteiger partial charge is 0.465 e. The molecule has 4 rings (SSSR count). The molecule has 0 aliphatic rings. The summed E-state index contributed by atoms with van der Waals surface area (Å²) in [7, 11) is 1.29. The number of nitrogens with one attached hydrogen (secondary N) is 2. The molecule has 7 heteroatoms. The highest BCUT2D eigenvalue weighted by atomic mass is 16.5. The molecule has 0 bridgehead atoms. The molecule has 30 heavy (non-hydrogen) atoms. The fourth-order valence-electron chi connectivity index (χ4n) is 2.62. The monoisotopic (exact) mass is 398 g/mol. The number of amides is 1. The number of esters is 1. The molecule has 1 amide bonds. The Kier molecular flexibility index (Phi) is 6.54. The normalized spacial score (nSPS) is 9.73. The van der Waals surface area contributed by atoms with Gasteiger partial charge in [0.2, 0.25) is 5.95 Å². The zero-order valence-electron chi connectivity index (χ0n) is 16.1. The minimum Gasteiger partial charge on any atom is -0.465 e. The lowest BCUT2D eigenvalue weighted by Crippen LogP contribution is -2.16. The maximum atomic E-state index is 12.3. The van der Waals surface area contributed by atoms with Gasteiger partial charge in [0.15, 0.2) is 0 Å². The summed E-state index contributed by atoms with van der Waals surface area (Å²) in [6, 6.07) is 20.3. The second-order valence-electron chi connectivity index (χ2n) is 5.93. The van der Waals surface area contributed by atoms with Crippen LogP contribution in [0.5, 0.6) is 0 Å². The van der Waals surface area contributed by atoms with Crippen molar-refractivity contribution in [1.82, 2.24) is 15.0 Å². The second kappa shape index (κ2) is 9.66. The van der Waals surface area contributed by atoms with E-state index in [1.165, 1.54) is 13.3 Å². The van der Waals surface area contributed by atoms with Crippen molar-refractivity contribution in [3.63, 3.8) is 0 Å². The number of imidazole rings is 1. The van der Waals surface area contributed by atoms with E-state index in [0.717, 1.165) is 0 Å². The molecule has 4 aromatic rings. The highest BCUT2D eigenvalue weighted by Crippen LogP contribution is 2.20. The number of hydrogen-bond acceptors (Lipinski definition) is 5. The van der Waals surface area contributed by atoms with Crippen LogP contribution in [-0.4, -0.2) is 33.9 Å².